The lowest BCUT2D eigenvalue weighted by molar-refractivity contribution is -0.122. The van der Waals surface area contributed by atoms with Gasteiger partial charge in [0.25, 0.3) is 11.1 Å². The minimum absolute atomic E-state index is 0.0815. The van der Waals surface area contributed by atoms with Crippen LogP contribution in [0.4, 0.5) is 13.6 Å². The van der Waals surface area contributed by atoms with Crippen LogP contribution in [-0.2, 0) is 4.79 Å². The summed E-state index contributed by atoms with van der Waals surface area (Å²) in [6.45, 7) is 1.95. The van der Waals surface area contributed by atoms with E-state index in [1.807, 2.05) is 0 Å². The normalized spacial score (nSPS) is 17.9. The summed E-state index contributed by atoms with van der Waals surface area (Å²) in [4.78, 5) is 24.4. The van der Waals surface area contributed by atoms with Crippen molar-refractivity contribution in [3.05, 3.63) is 40.3 Å². The zero-order valence-electron chi connectivity index (χ0n) is 9.44. The molecular formula is C12H9F2NO2S. The van der Waals surface area contributed by atoms with Crippen LogP contribution >= 0.6 is 11.8 Å². The Hall–Kier alpha value is -1.69. The zero-order valence-corrected chi connectivity index (χ0v) is 10.3. The molecule has 1 aromatic carbocycles. The van der Waals surface area contributed by atoms with E-state index in [1.54, 1.807) is 6.92 Å². The number of nitrogens with zero attached hydrogens (tertiary/aromatic N) is 1. The molecule has 1 aromatic rings. The van der Waals surface area contributed by atoms with Crippen molar-refractivity contribution in [3.63, 3.8) is 0 Å². The summed E-state index contributed by atoms with van der Waals surface area (Å²) in [5.74, 6) is -1.90. The first-order valence-corrected chi connectivity index (χ1v) is 6.05. The molecule has 0 bridgehead atoms. The smallest absolute Gasteiger partial charge is 0.269 e. The van der Waals surface area contributed by atoms with Crippen LogP contribution in [0.3, 0.4) is 0 Å². The molecule has 18 heavy (non-hydrogen) atoms. The number of carbonyl (C=O) groups is 2. The SMILES string of the molecule is CCN1C(=O)S/C(=C/c2ccc(F)cc2F)C1=O. The molecular weight excluding hydrogens is 260 g/mol. The first-order valence-electron chi connectivity index (χ1n) is 5.23. The molecule has 6 heteroatoms. The van der Waals surface area contributed by atoms with Crippen LogP contribution in [0, 0.1) is 11.6 Å². The molecule has 1 fully saturated rings. The molecule has 1 aliphatic heterocycles. The maximum absolute atomic E-state index is 13.4. The van der Waals surface area contributed by atoms with Crippen molar-refractivity contribution < 1.29 is 18.4 Å². The Kier molecular flexibility index (Phi) is 3.47. The fourth-order valence-electron chi connectivity index (χ4n) is 1.53. The number of rotatable bonds is 2. The summed E-state index contributed by atoms with van der Waals surface area (Å²) in [5, 5.41) is -0.378. The number of halogens is 2. The Balaban J connectivity index is 2.35. The molecule has 0 spiro atoms. The first-order chi connectivity index (χ1) is 8.52. The molecule has 1 heterocycles. The lowest BCUT2D eigenvalue weighted by Crippen LogP contribution is -2.27. The molecule has 2 amide bonds. The van der Waals surface area contributed by atoms with Crippen molar-refractivity contribution >= 4 is 29.0 Å². The van der Waals surface area contributed by atoms with Gasteiger partial charge in [-0.15, -0.1) is 0 Å². The van der Waals surface area contributed by atoms with Crippen molar-refractivity contribution in [2.45, 2.75) is 6.92 Å². The lowest BCUT2D eigenvalue weighted by Gasteiger charge is -2.07. The maximum Gasteiger partial charge on any atom is 0.293 e. The average Bonchev–Trinajstić information content (AvgIpc) is 2.58. The van der Waals surface area contributed by atoms with E-state index in [1.165, 1.54) is 12.1 Å². The highest BCUT2D eigenvalue weighted by Gasteiger charge is 2.33. The first kappa shape index (κ1) is 12.8. The number of hydrogen-bond acceptors (Lipinski definition) is 3. The van der Waals surface area contributed by atoms with Crippen LogP contribution in [0.5, 0.6) is 0 Å². The van der Waals surface area contributed by atoms with Gasteiger partial charge in [-0.1, -0.05) is 0 Å². The third kappa shape index (κ3) is 2.28. The molecule has 94 valence electrons. The van der Waals surface area contributed by atoms with Crippen molar-refractivity contribution in [2.24, 2.45) is 0 Å². The van der Waals surface area contributed by atoms with Crippen LogP contribution in [0.15, 0.2) is 23.1 Å². The maximum atomic E-state index is 13.4. The molecule has 0 atom stereocenters. The highest BCUT2D eigenvalue weighted by molar-refractivity contribution is 8.18. The summed E-state index contributed by atoms with van der Waals surface area (Å²) in [6, 6.07) is 3.06. The van der Waals surface area contributed by atoms with E-state index in [9.17, 15) is 18.4 Å². The van der Waals surface area contributed by atoms with E-state index in [2.05, 4.69) is 0 Å². The Bertz CT molecular complexity index is 557. The third-order valence-electron chi connectivity index (χ3n) is 2.44. The number of imide groups is 1. The van der Waals surface area contributed by atoms with Crippen molar-refractivity contribution in [2.75, 3.05) is 6.54 Å². The summed E-state index contributed by atoms with van der Waals surface area (Å²) in [5.41, 5.74) is 0.0815. The molecule has 0 aromatic heterocycles. The minimum atomic E-state index is -0.765. The van der Waals surface area contributed by atoms with E-state index < -0.39 is 17.5 Å². The van der Waals surface area contributed by atoms with Gasteiger partial charge >= 0.3 is 0 Å². The Morgan fingerprint density at radius 3 is 2.61 bits per heavy atom. The molecule has 0 radical (unpaired) electrons. The predicted octanol–water partition coefficient (Wildman–Crippen LogP) is 3.02. The van der Waals surface area contributed by atoms with Gasteiger partial charge in [0.2, 0.25) is 0 Å². The molecule has 3 nitrogen and oxygen atoms in total. The lowest BCUT2D eigenvalue weighted by atomic mass is 10.2. The van der Waals surface area contributed by atoms with E-state index in [-0.39, 0.29) is 22.3 Å². The molecule has 0 saturated carbocycles. The van der Waals surface area contributed by atoms with Crippen LogP contribution in [0.2, 0.25) is 0 Å². The number of benzene rings is 1. The summed E-state index contributed by atoms with van der Waals surface area (Å²) < 4.78 is 26.1. The summed E-state index contributed by atoms with van der Waals surface area (Å²) in [6.07, 6.45) is 1.26. The highest BCUT2D eigenvalue weighted by atomic mass is 32.2. The van der Waals surface area contributed by atoms with Crippen molar-refractivity contribution in [3.8, 4) is 0 Å². The van der Waals surface area contributed by atoms with Crippen LogP contribution in [-0.4, -0.2) is 22.6 Å². The Morgan fingerprint density at radius 1 is 1.33 bits per heavy atom. The largest absolute Gasteiger partial charge is 0.293 e. The second-order valence-corrected chi connectivity index (χ2v) is 4.58. The van der Waals surface area contributed by atoms with Gasteiger partial charge in [0.15, 0.2) is 0 Å². The minimum Gasteiger partial charge on any atom is -0.269 e. The number of carbonyl (C=O) groups excluding carboxylic acids is 2. The Morgan fingerprint density at radius 2 is 2.06 bits per heavy atom. The summed E-state index contributed by atoms with van der Waals surface area (Å²) in [7, 11) is 0. The Labute approximate surface area is 106 Å². The van der Waals surface area contributed by atoms with Crippen molar-refractivity contribution in [1.29, 1.82) is 0 Å². The second kappa shape index (κ2) is 4.89. The molecule has 1 saturated heterocycles. The quantitative estimate of drug-likeness (QED) is 0.774. The number of likely N-dealkylation sites (N-methyl/N-ethyl adjacent to an activating group) is 1. The molecule has 0 unspecified atom stereocenters. The number of amides is 2. The van der Waals surface area contributed by atoms with Gasteiger partial charge in [-0.05, 0) is 36.9 Å². The van der Waals surface area contributed by atoms with Gasteiger partial charge in [-0.2, -0.15) is 0 Å². The number of hydrogen-bond donors (Lipinski definition) is 0. The van der Waals surface area contributed by atoms with Gasteiger partial charge in [-0.25, -0.2) is 8.78 Å². The van der Waals surface area contributed by atoms with Crippen molar-refractivity contribution in [1.82, 2.24) is 4.90 Å². The second-order valence-electron chi connectivity index (χ2n) is 3.59. The van der Waals surface area contributed by atoms with Crippen LogP contribution in [0.1, 0.15) is 12.5 Å². The van der Waals surface area contributed by atoms with Crippen LogP contribution in [0.25, 0.3) is 6.08 Å². The predicted molar refractivity (Wildman–Crippen MR) is 64.7 cm³/mol. The molecule has 1 aliphatic rings. The number of thioether (sulfide) groups is 1. The van der Waals surface area contributed by atoms with Gasteiger partial charge < -0.3 is 0 Å². The van der Waals surface area contributed by atoms with E-state index in [4.69, 9.17) is 0 Å². The fourth-order valence-corrected chi connectivity index (χ4v) is 2.43. The van der Waals surface area contributed by atoms with Crippen LogP contribution < -0.4 is 0 Å². The molecule has 2 rings (SSSR count). The standard InChI is InChI=1S/C12H9F2NO2S/c1-2-15-11(16)10(18-12(15)17)5-7-3-4-8(13)6-9(7)14/h3-6H,2H2,1H3/b10-5+. The topological polar surface area (TPSA) is 37.4 Å². The van der Waals surface area contributed by atoms with E-state index in [0.29, 0.717) is 0 Å². The van der Waals surface area contributed by atoms with E-state index in [0.717, 1.165) is 28.8 Å². The summed E-state index contributed by atoms with van der Waals surface area (Å²) >= 11 is 0.752. The monoisotopic (exact) mass is 269 g/mol. The fraction of sp³-hybridized carbons (Fsp3) is 0.167. The highest BCUT2D eigenvalue weighted by Crippen LogP contribution is 2.32. The molecule has 0 N–H and O–H groups in total. The third-order valence-corrected chi connectivity index (χ3v) is 3.35. The zero-order chi connectivity index (χ0) is 13.3. The van der Waals surface area contributed by atoms with Gasteiger partial charge in [0.1, 0.15) is 11.6 Å². The van der Waals surface area contributed by atoms with Gasteiger partial charge in [0.05, 0.1) is 4.91 Å². The molecule has 0 aliphatic carbocycles. The van der Waals surface area contributed by atoms with Gasteiger partial charge in [0, 0.05) is 18.2 Å². The average molecular weight is 269 g/mol. The van der Waals surface area contributed by atoms with Gasteiger partial charge in [-0.3, -0.25) is 14.5 Å². The van der Waals surface area contributed by atoms with E-state index >= 15 is 0 Å².